The van der Waals surface area contributed by atoms with Gasteiger partial charge in [0, 0.05) is 7.05 Å². The maximum absolute atomic E-state index is 12.1. The highest BCUT2D eigenvalue weighted by Gasteiger charge is 2.31. The second-order valence-corrected chi connectivity index (χ2v) is 5.88. The number of rotatable bonds is 3. The van der Waals surface area contributed by atoms with Crippen LogP contribution in [-0.4, -0.2) is 32.4 Å². The summed E-state index contributed by atoms with van der Waals surface area (Å²) in [7, 11) is 5.42. The van der Waals surface area contributed by atoms with Crippen molar-refractivity contribution in [3.63, 3.8) is 0 Å². The van der Waals surface area contributed by atoms with Gasteiger partial charge in [0.1, 0.15) is 0 Å². The smallest absolute Gasteiger partial charge is 0.253 e. The fourth-order valence-electron chi connectivity index (χ4n) is 2.59. The third kappa shape index (κ3) is 2.54. The van der Waals surface area contributed by atoms with Gasteiger partial charge in [-0.15, -0.1) is 0 Å². The highest BCUT2D eigenvalue weighted by molar-refractivity contribution is 6.56. The average molecular weight is 258 g/mol. The van der Waals surface area contributed by atoms with Crippen molar-refractivity contribution in [2.75, 3.05) is 14.2 Å². The largest absolute Gasteiger partial charge is 0.275 e. The predicted molar refractivity (Wildman–Crippen MR) is 77.9 cm³/mol. The van der Waals surface area contributed by atoms with Crippen LogP contribution in [0.5, 0.6) is 0 Å². The Morgan fingerprint density at radius 1 is 1.47 bits per heavy atom. The number of likely N-dealkylation sites (N-methyl/N-ethyl adjacent to an activating group) is 1. The Morgan fingerprint density at radius 2 is 2.16 bits per heavy atom. The summed E-state index contributed by atoms with van der Waals surface area (Å²) in [6.45, 7) is 6.41. The zero-order valence-corrected chi connectivity index (χ0v) is 12.4. The monoisotopic (exact) mass is 258 g/mol. The number of hydrogen-bond donors (Lipinski definition) is 0. The molecule has 1 unspecified atom stereocenters. The molecule has 0 saturated heterocycles. The van der Waals surface area contributed by atoms with Crippen LogP contribution >= 0.6 is 0 Å². The number of amides is 1. The first-order valence-electron chi connectivity index (χ1n) is 6.66. The van der Waals surface area contributed by atoms with Crippen LogP contribution < -0.4 is 5.46 Å². The molecule has 0 spiro atoms. The van der Waals surface area contributed by atoms with Crippen molar-refractivity contribution in [2.45, 2.75) is 38.4 Å². The molecule has 3 nitrogen and oxygen atoms in total. The first-order valence-corrected chi connectivity index (χ1v) is 6.66. The number of hydroxylamine groups is 2. The van der Waals surface area contributed by atoms with Gasteiger partial charge in [-0.05, 0) is 23.5 Å². The van der Waals surface area contributed by atoms with E-state index in [4.69, 9.17) is 4.84 Å². The van der Waals surface area contributed by atoms with Crippen molar-refractivity contribution < 1.29 is 9.63 Å². The maximum Gasteiger partial charge on any atom is 0.253 e. The molecule has 0 aliphatic carbocycles. The van der Waals surface area contributed by atoms with Gasteiger partial charge in [0.25, 0.3) is 5.91 Å². The molecule has 1 heterocycles. The molecule has 1 radical (unpaired) electrons. The molecule has 19 heavy (non-hydrogen) atoms. The van der Waals surface area contributed by atoms with Gasteiger partial charge in [-0.25, -0.2) is 5.06 Å². The third-order valence-electron chi connectivity index (χ3n) is 4.09. The Kier molecular flexibility index (Phi) is 3.72. The number of hydrogen-bond acceptors (Lipinski definition) is 2. The standard InChI is InChI=1S/C15H21BNO2/c1-10(14(18)17(4)19-5)11-6-7-13-12(8-11)15(2,3)9-16-13/h6-8,10H,9H2,1-5H3. The van der Waals surface area contributed by atoms with E-state index in [1.54, 1.807) is 7.05 Å². The van der Waals surface area contributed by atoms with E-state index in [0.717, 1.165) is 11.9 Å². The fraction of sp³-hybridized carbons (Fsp3) is 0.533. The summed E-state index contributed by atoms with van der Waals surface area (Å²) in [6.07, 6.45) is 1.06. The first kappa shape index (κ1) is 14.1. The van der Waals surface area contributed by atoms with Gasteiger partial charge in [0.05, 0.1) is 13.0 Å². The number of carbonyl (C=O) groups is 1. The number of carbonyl (C=O) groups excluding carboxylic acids is 1. The highest BCUT2D eigenvalue weighted by Crippen LogP contribution is 2.32. The number of fused-ring (bicyclic) bond motifs is 1. The Labute approximate surface area is 116 Å². The topological polar surface area (TPSA) is 29.5 Å². The normalized spacial score (nSPS) is 17.5. The minimum atomic E-state index is -0.188. The zero-order chi connectivity index (χ0) is 14.2. The summed E-state index contributed by atoms with van der Waals surface area (Å²) in [6, 6.07) is 6.34. The molecule has 0 bridgehead atoms. The van der Waals surface area contributed by atoms with Crippen LogP contribution in [0.1, 0.15) is 37.8 Å². The second-order valence-electron chi connectivity index (χ2n) is 5.88. The summed E-state index contributed by atoms with van der Waals surface area (Å²) in [5.41, 5.74) is 3.86. The van der Waals surface area contributed by atoms with E-state index in [0.29, 0.717) is 0 Å². The van der Waals surface area contributed by atoms with Gasteiger partial charge in [0.2, 0.25) is 0 Å². The third-order valence-corrected chi connectivity index (χ3v) is 4.09. The molecule has 101 valence electrons. The molecule has 0 fully saturated rings. The van der Waals surface area contributed by atoms with Crippen LogP contribution in [0.25, 0.3) is 0 Å². The van der Waals surface area contributed by atoms with Gasteiger partial charge in [0.15, 0.2) is 7.28 Å². The molecule has 2 rings (SSSR count). The summed E-state index contributed by atoms with van der Waals surface area (Å²) in [4.78, 5) is 17.1. The Morgan fingerprint density at radius 3 is 2.79 bits per heavy atom. The molecule has 0 aromatic heterocycles. The van der Waals surface area contributed by atoms with Crippen LogP contribution in [-0.2, 0) is 15.0 Å². The van der Waals surface area contributed by atoms with E-state index in [1.165, 1.54) is 23.2 Å². The molecule has 1 aliphatic heterocycles. The SMILES string of the molecule is CON(C)C(=O)C(C)c1ccc2c(c1)C(C)(C)C[B]2. The van der Waals surface area contributed by atoms with Gasteiger partial charge >= 0.3 is 0 Å². The van der Waals surface area contributed by atoms with Crippen molar-refractivity contribution in [3.8, 4) is 0 Å². The molecule has 0 saturated carbocycles. The lowest BCUT2D eigenvalue weighted by Crippen LogP contribution is -2.30. The summed E-state index contributed by atoms with van der Waals surface area (Å²) in [5.74, 6) is -0.214. The van der Waals surface area contributed by atoms with E-state index < -0.39 is 0 Å². The summed E-state index contributed by atoms with van der Waals surface area (Å²) >= 11 is 0. The van der Waals surface area contributed by atoms with Crippen LogP contribution in [0, 0.1) is 0 Å². The molecular weight excluding hydrogens is 237 g/mol. The zero-order valence-electron chi connectivity index (χ0n) is 12.4. The van der Waals surface area contributed by atoms with Gasteiger partial charge in [-0.2, -0.15) is 0 Å². The quantitative estimate of drug-likeness (QED) is 0.611. The molecular formula is C15H21BNO2. The van der Waals surface area contributed by atoms with Gasteiger partial charge in [-0.3, -0.25) is 9.63 Å². The lowest BCUT2D eigenvalue weighted by atomic mass is 9.69. The van der Waals surface area contributed by atoms with E-state index in [2.05, 4.69) is 33.3 Å². The minimum Gasteiger partial charge on any atom is -0.275 e. The van der Waals surface area contributed by atoms with Crippen LogP contribution in [0.4, 0.5) is 0 Å². The fourth-order valence-corrected chi connectivity index (χ4v) is 2.59. The summed E-state index contributed by atoms with van der Waals surface area (Å²) in [5, 5.41) is 1.29. The van der Waals surface area contributed by atoms with Crippen LogP contribution in [0.3, 0.4) is 0 Å². The lowest BCUT2D eigenvalue weighted by Gasteiger charge is -2.23. The lowest BCUT2D eigenvalue weighted by molar-refractivity contribution is -0.170. The van der Waals surface area contributed by atoms with E-state index in [1.807, 2.05) is 13.0 Å². The van der Waals surface area contributed by atoms with Crippen molar-refractivity contribution in [2.24, 2.45) is 0 Å². The summed E-state index contributed by atoms with van der Waals surface area (Å²) < 4.78 is 0. The van der Waals surface area contributed by atoms with E-state index in [-0.39, 0.29) is 17.2 Å². The maximum atomic E-state index is 12.1. The van der Waals surface area contributed by atoms with Crippen molar-refractivity contribution in [1.82, 2.24) is 5.06 Å². The van der Waals surface area contributed by atoms with Gasteiger partial charge < -0.3 is 0 Å². The number of benzene rings is 1. The van der Waals surface area contributed by atoms with Crippen LogP contribution in [0.15, 0.2) is 18.2 Å². The van der Waals surface area contributed by atoms with Gasteiger partial charge in [-0.1, -0.05) is 43.8 Å². The molecule has 1 aromatic rings. The van der Waals surface area contributed by atoms with Crippen molar-refractivity contribution >= 4 is 18.6 Å². The molecule has 4 heteroatoms. The van der Waals surface area contributed by atoms with E-state index >= 15 is 0 Å². The molecule has 1 atom stereocenters. The average Bonchev–Trinajstić information content (AvgIpc) is 2.71. The van der Waals surface area contributed by atoms with Crippen molar-refractivity contribution in [3.05, 3.63) is 29.3 Å². The first-order chi connectivity index (χ1) is 8.86. The highest BCUT2D eigenvalue weighted by atomic mass is 16.7. The molecule has 0 N–H and O–H groups in total. The van der Waals surface area contributed by atoms with E-state index in [9.17, 15) is 4.79 Å². The van der Waals surface area contributed by atoms with Crippen LogP contribution in [0.2, 0.25) is 6.32 Å². The molecule has 1 aliphatic rings. The number of nitrogens with zero attached hydrogens (tertiary/aromatic N) is 1. The second kappa shape index (κ2) is 5.01. The molecule has 1 aromatic carbocycles. The van der Waals surface area contributed by atoms with Crippen molar-refractivity contribution in [1.29, 1.82) is 0 Å². The Balaban J connectivity index is 2.30. The minimum absolute atomic E-state index is 0.0257. The molecule has 1 amide bonds. The predicted octanol–water partition coefficient (Wildman–Crippen LogP) is 1.85. The Hall–Kier alpha value is -1.29. The Bertz CT molecular complexity index is 499.